The number of ketones is 1. The van der Waals surface area contributed by atoms with Gasteiger partial charge in [-0.1, -0.05) is 41.5 Å². The van der Waals surface area contributed by atoms with Gasteiger partial charge in [0.15, 0.2) is 5.78 Å². The Bertz CT molecular complexity index is 632. The smallest absolute Gasteiger partial charge is 0.192 e. The number of benzene rings is 2. The topological polar surface area (TPSA) is 35.5 Å². The molecule has 0 saturated carbocycles. The standard InChI is InChI=1S/C18H20O3/c1-13-5-4-6-15(9-13)11-21-18-8-7-14(2)10-16(18)17(19)12-20-3/h4-10H,11-12H2,1-3H3. The van der Waals surface area contributed by atoms with Crippen LogP contribution in [-0.4, -0.2) is 19.5 Å². The number of methoxy groups -OCH3 is 1. The maximum absolute atomic E-state index is 12.1. The van der Waals surface area contributed by atoms with E-state index in [1.54, 1.807) is 0 Å². The van der Waals surface area contributed by atoms with Crippen LogP contribution in [0.25, 0.3) is 0 Å². The van der Waals surface area contributed by atoms with E-state index in [1.165, 1.54) is 12.7 Å². The van der Waals surface area contributed by atoms with Gasteiger partial charge in [0.2, 0.25) is 0 Å². The summed E-state index contributed by atoms with van der Waals surface area (Å²) in [5.41, 5.74) is 3.87. The van der Waals surface area contributed by atoms with E-state index >= 15 is 0 Å². The molecule has 0 spiro atoms. The number of carbonyl (C=O) groups excluding carboxylic acids is 1. The minimum absolute atomic E-state index is 0.0598. The molecule has 0 atom stereocenters. The zero-order valence-electron chi connectivity index (χ0n) is 12.7. The third-order valence-corrected chi connectivity index (χ3v) is 3.19. The number of rotatable bonds is 6. The molecule has 0 saturated heterocycles. The van der Waals surface area contributed by atoms with Gasteiger partial charge in [0, 0.05) is 7.11 Å². The lowest BCUT2D eigenvalue weighted by Crippen LogP contribution is -2.10. The molecule has 3 nitrogen and oxygen atoms in total. The molecular formula is C18H20O3. The second-order valence-electron chi connectivity index (χ2n) is 5.13. The number of aryl methyl sites for hydroxylation is 2. The lowest BCUT2D eigenvalue weighted by atomic mass is 10.1. The summed E-state index contributed by atoms with van der Waals surface area (Å²) in [4.78, 5) is 12.1. The summed E-state index contributed by atoms with van der Waals surface area (Å²) < 4.78 is 10.8. The molecule has 0 bridgehead atoms. The molecule has 0 radical (unpaired) electrons. The van der Waals surface area contributed by atoms with Gasteiger partial charge < -0.3 is 9.47 Å². The summed E-state index contributed by atoms with van der Waals surface area (Å²) in [7, 11) is 1.51. The van der Waals surface area contributed by atoms with E-state index in [0.717, 1.165) is 11.1 Å². The minimum Gasteiger partial charge on any atom is -0.488 e. The van der Waals surface area contributed by atoms with Gasteiger partial charge in [-0.25, -0.2) is 0 Å². The van der Waals surface area contributed by atoms with Crippen LogP contribution in [0.2, 0.25) is 0 Å². The molecule has 0 N–H and O–H groups in total. The zero-order chi connectivity index (χ0) is 15.2. The molecule has 0 aliphatic carbocycles. The van der Waals surface area contributed by atoms with Crippen molar-refractivity contribution < 1.29 is 14.3 Å². The predicted octanol–water partition coefficient (Wildman–Crippen LogP) is 3.71. The van der Waals surface area contributed by atoms with Crippen molar-refractivity contribution in [2.24, 2.45) is 0 Å². The molecule has 2 aromatic carbocycles. The first-order valence-electron chi connectivity index (χ1n) is 6.91. The number of hydrogen-bond acceptors (Lipinski definition) is 3. The SMILES string of the molecule is COCC(=O)c1cc(C)ccc1OCc1cccc(C)c1. The fourth-order valence-electron chi connectivity index (χ4n) is 2.16. The maximum atomic E-state index is 12.1. The Morgan fingerprint density at radius 3 is 2.52 bits per heavy atom. The second kappa shape index (κ2) is 7.04. The molecule has 0 heterocycles. The predicted molar refractivity (Wildman–Crippen MR) is 82.9 cm³/mol. The van der Waals surface area contributed by atoms with Gasteiger partial charge in [0.1, 0.15) is 19.0 Å². The van der Waals surface area contributed by atoms with E-state index < -0.39 is 0 Å². The van der Waals surface area contributed by atoms with E-state index in [1.807, 2.05) is 50.2 Å². The first kappa shape index (κ1) is 15.3. The van der Waals surface area contributed by atoms with Crippen LogP contribution in [0, 0.1) is 13.8 Å². The van der Waals surface area contributed by atoms with Crippen molar-refractivity contribution in [2.75, 3.05) is 13.7 Å². The van der Waals surface area contributed by atoms with Crippen molar-refractivity contribution in [1.29, 1.82) is 0 Å². The molecule has 3 heteroatoms. The average molecular weight is 284 g/mol. The maximum Gasteiger partial charge on any atom is 0.192 e. The van der Waals surface area contributed by atoms with Crippen molar-refractivity contribution in [2.45, 2.75) is 20.5 Å². The molecule has 0 unspecified atom stereocenters. The number of hydrogen-bond donors (Lipinski definition) is 0. The highest BCUT2D eigenvalue weighted by Crippen LogP contribution is 2.22. The Morgan fingerprint density at radius 2 is 1.81 bits per heavy atom. The summed E-state index contributed by atoms with van der Waals surface area (Å²) in [6.07, 6.45) is 0. The first-order chi connectivity index (χ1) is 10.1. The van der Waals surface area contributed by atoms with Crippen molar-refractivity contribution >= 4 is 5.78 Å². The van der Waals surface area contributed by atoms with Crippen LogP contribution in [0.3, 0.4) is 0 Å². The van der Waals surface area contributed by atoms with Crippen LogP contribution in [0.15, 0.2) is 42.5 Å². The van der Waals surface area contributed by atoms with Gasteiger partial charge >= 0.3 is 0 Å². The van der Waals surface area contributed by atoms with Gasteiger partial charge in [0.25, 0.3) is 0 Å². The zero-order valence-corrected chi connectivity index (χ0v) is 12.7. The monoisotopic (exact) mass is 284 g/mol. The van der Waals surface area contributed by atoms with Crippen LogP contribution >= 0.6 is 0 Å². The second-order valence-corrected chi connectivity index (χ2v) is 5.13. The Hall–Kier alpha value is -2.13. The molecule has 110 valence electrons. The third-order valence-electron chi connectivity index (χ3n) is 3.19. The molecule has 2 aromatic rings. The molecule has 0 aliphatic rings. The normalized spacial score (nSPS) is 10.4. The number of Topliss-reactive ketones (excluding diaryl/α,β-unsaturated/α-hetero) is 1. The molecule has 2 rings (SSSR count). The highest BCUT2D eigenvalue weighted by atomic mass is 16.5. The quantitative estimate of drug-likeness (QED) is 0.759. The summed E-state index contributed by atoms with van der Waals surface area (Å²) >= 11 is 0. The van der Waals surface area contributed by atoms with Crippen LogP contribution < -0.4 is 4.74 Å². The van der Waals surface area contributed by atoms with Gasteiger partial charge in [-0.3, -0.25) is 4.79 Å². The molecule has 0 fully saturated rings. The number of carbonyl (C=O) groups is 1. The van der Waals surface area contributed by atoms with Crippen molar-refractivity contribution in [3.63, 3.8) is 0 Å². The summed E-state index contributed by atoms with van der Waals surface area (Å²) in [6, 6.07) is 13.8. The Morgan fingerprint density at radius 1 is 1.05 bits per heavy atom. The molecule has 21 heavy (non-hydrogen) atoms. The van der Waals surface area contributed by atoms with Crippen molar-refractivity contribution in [1.82, 2.24) is 0 Å². The molecule has 0 aliphatic heterocycles. The van der Waals surface area contributed by atoms with E-state index in [9.17, 15) is 4.79 Å². The van der Waals surface area contributed by atoms with Crippen molar-refractivity contribution in [3.05, 3.63) is 64.7 Å². The number of ether oxygens (including phenoxy) is 2. The average Bonchev–Trinajstić information content (AvgIpc) is 2.46. The highest BCUT2D eigenvalue weighted by molar-refractivity contribution is 5.99. The molecule has 0 amide bonds. The van der Waals surface area contributed by atoms with Crippen molar-refractivity contribution in [3.8, 4) is 5.75 Å². The van der Waals surface area contributed by atoms with E-state index in [4.69, 9.17) is 9.47 Å². The van der Waals surface area contributed by atoms with Crippen LogP contribution in [0.5, 0.6) is 5.75 Å². The Balaban J connectivity index is 2.17. The minimum atomic E-state index is -0.0690. The summed E-state index contributed by atoms with van der Waals surface area (Å²) in [6.45, 7) is 4.50. The highest BCUT2D eigenvalue weighted by Gasteiger charge is 2.13. The lowest BCUT2D eigenvalue weighted by Gasteiger charge is -2.12. The summed E-state index contributed by atoms with van der Waals surface area (Å²) in [5.74, 6) is 0.532. The molecular weight excluding hydrogens is 264 g/mol. The van der Waals surface area contributed by atoms with Gasteiger partial charge in [-0.2, -0.15) is 0 Å². The van der Waals surface area contributed by atoms with E-state index in [0.29, 0.717) is 17.9 Å². The van der Waals surface area contributed by atoms with Crippen LogP contribution in [0.1, 0.15) is 27.0 Å². The lowest BCUT2D eigenvalue weighted by molar-refractivity contribution is 0.0843. The Labute approximate surface area is 125 Å². The van der Waals surface area contributed by atoms with Crippen LogP contribution in [-0.2, 0) is 11.3 Å². The largest absolute Gasteiger partial charge is 0.488 e. The van der Waals surface area contributed by atoms with Crippen LogP contribution in [0.4, 0.5) is 0 Å². The molecule has 0 aromatic heterocycles. The van der Waals surface area contributed by atoms with E-state index in [-0.39, 0.29) is 12.4 Å². The van der Waals surface area contributed by atoms with Gasteiger partial charge in [-0.05, 0) is 31.5 Å². The first-order valence-corrected chi connectivity index (χ1v) is 6.91. The third kappa shape index (κ3) is 4.17. The van der Waals surface area contributed by atoms with E-state index in [2.05, 4.69) is 6.07 Å². The summed E-state index contributed by atoms with van der Waals surface area (Å²) in [5, 5.41) is 0. The van der Waals surface area contributed by atoms with Gasteiger partial charge in [0.05, 0.1) is 5.56 Å². The van der Waals surface area contributed by atoms with Gasteiger partial charge in [-0.15, -0.1) is 0 Å². The Kier molecular flexibility index (Phi) is 5.12. The fourth-order valence-corrected chi connectivity index (χ4v) is 2.16. The fraction of sp³-hybridized carbons (Fsp3) is 0.278.